The van der Waals surface area contributed by atoms with Gasteiger partial charge in [0, 0.05) is 12.8 Å². The number of carbonyl (C=O) groups excluding carboxylic acids is 1. The van der Waals surface area contributed by atoms with E-state index >= 15 is 0 Å². The molecule has 0 fully saturated rings. The average molecular weight is 591 g/mol. The molecule has 0 aromatic rings. The topological polar surface area (TPSA) is 63.6 Å². The molecule has 0 aliphatic heterocycles. The van der Waals surface area contributed by atoms with Crippen LogP contribution in [-0.4, -0.2) is 23.1 Å². The molecule has 4 heteroatoms. The number of rotatable bonds is 33. The van der Waals surface area contributed by atoms with Gasteiger partial charge < -0.3 is 9.84 Å². The highest BCUT2D eigenvalue weighted by molar-refractivity contribution is 5.69. The highest BCUT2D eigenvalue weighted by atomic mass is 16.5. The number of carbonyl (C=O) groups is 2. The van der Waals surface area contributed by atoms with E-state index in [1.54, 1.807) is 0 Å². The highest BCUT2D eigenvalue weighted by Crippen LogP contribution is 2.18. The molecule has 0 saturated carbocycles. The Bertz CT molecular complexity index is 639. The Morgan fingerprint density at radius 3 is 1.45 bits per heavy atom. The molecular formula is C38H70O4. The molecule has 0 aromatic carbocycles. The number of allylic oxidation sites excluding steroid dienone is 4. The minimum absolute atomic E-state index is 0.0134. The zero-order valence-corrected chi connectivity index (χ0v) is 28.1. The number of ether oxygens (including phenoxy) is 1. The molecule has 0 amide bonds. The molecule has 0 saturated heterocycles. The minimum atomic E-state index is -0.683. The molecule has 4 nitrogen and oxygen atoms in total. The molecule has 0 aliphatic carbocycles. The second-order valence-electron chi connectivity index (χ2n) is 12.4. The Balaban J connectivity index is 3.82. The summed E-state index contributed by atoms with van der Waals surface area (Å²) < 4.78 is 5.95. The molecule has 0 aliphatic rings. The third-order valence-corrected chi connectivity index (χ3v) is 8.18. The molecule has 0 radical (unpaired) electrons. The molecule has 1 N–H and O–H groups in total. The first-order valence-electron chi connectivity index (χ1n) is 18.3. The Morgan fingerprint density at radius 2 is 0.929 bits per heavy atom. The number of hydrogen-bond acceptors (Lipinski definition) is 3. The lowest BCUT2D eigenvalue weighted by Crippen LogP contribution is -2.18. The highest BCUT2D eigenvalue weighted by Gasteiger charge is 2.14. The van der Waals surface area contributed by atoms with Crippen LogP contribution in [0, 0.1) is 0 Å². The molecule has 0 aromatic heterocycles. The summed E-state index contributed by atoms with van der Waals surface area (Å²) in [7, 11) is 0. The quantitative estimate of drug-likeness (QED) is 0.0469. The van der Waals surface area contributed by atoms with Crippen molar-refractivity contribution in [2.24, 2.45) is 0 Å². The maximum Gasteiger partial charge on any atom is 0.306 e. The van der Waals surface area contributed by atoms with Crippen molar-refractivity contribution in [3.63, 3.8) is 0 Å². The van der Waals surface area contributed by atoms with Crippen LogP contribution < -0.4 is 0 Å². The predicted molar refractivity (Wildman–Crippen MR) is 181 cm³/mol. The van der Waals surface area contributed by atoms with Gasteiger partial charge in [0.25, 0.3) is 0 Å². The Labute approximate surface area is 261 Å². The molecule has 42 heavy (non-hydrogen) atoms. The van der Waals surface area contributed by atoms with Crippen LogP contribution in [0.5, 0.6) is 0 Å². The maximum atomic E-state index is 12.5. The van der Waals surface area contributed by atoms with Crippen LogP contribution in [0.1, 0.15) is 200 Å². The van der Waals surface area contributed by atoms with E-state index in [9.17, 15) is 9.59 Å². The summed E-state index contributed by atoms with van der Waals surface area (Å²) in [5.41, 5.74) is 0. The van der Waals surface area contributed by atoms with Gasteiger partial charge in [-0.05, 0) is 70.6 Å². The van der Waals surface area contributed by atoms with E-state index in [0.29, 0.717) is 12.8 Å². The smallest absolute Gasteiger partial charge is 0.306 e. The monoisotopic (exact) mass is 591 g/mol. The normalized spacial score (nSPS) is 12.4. The van der Waals surface area contributed by atoms with Gasteiger partial charge >= 0.3 is 11.9 Å². The standard InChI is InChI=1S/C38H70O4/c1-3-5-7-9-10-11-12-13-14-15-16-17-18-19-24-27-31-35-38(41)42-36(32-28-8-6-4-2)33-29-25-22-20-21-23-26-30-34-37(39)40/h10-11,13-14,36H,3-9,12,15-35H2,1-2H3,(H,39,40)/b11-10-,14-13-. The van der Waals surface area contributed by atoms with E-state index in [0.717, 1.165) is 64.2 Å². The Kier molecular flexibility index (Phi) is 32.6. The van der Waals surface area contributed by atoms with E-state index in [4.69, 9.17) is 9.84 Å². The number of hydrogen-bond donors (Lipinski definition) is 1. The largest absolute Gasteiger partial charge is 0.481 e. The van der Waals surface area contributed by atoms with Crippen LogP contribution in [0.3, 0.4) is 0 Å². The van der Waals surface area contributed by atoms with Crippen LogP contribution in [0.25, 0.3) is 0 Å². The summed E-state index contributed by atoms with van der Waals surface area (Å²) in [6.45, 7) is 4.49. The van der Waals surface area contributed by atoms with Crippen molar-refractivity contribution in [1.29, 1.82) is 0 Å². The third-order valence-electron chi connectivity index (χ3n) is 8.18. The minimum Gasteiger partial charge on any atom is -0.481 e. The summed E-state index contributed by atoms with van der Waals surface area (Å²) in [6.07, 6.45) is 42.1. The number of esters is 1. The summed E-state index contributed by atoms with van der Waals surface area (Å²) in [5.74, 6) is -0.670. The van der Waals surface area contributed by atoms with E-state index in [2.05, 4.69) is 38.2 Å². The first-order chi connectivity index (χ1) is 20.6. The predicted octanol–water partition coefficient (Wildman–Crippen LogP) is 12.4. The van der Waals surface area contributed by atoms with Crippen molar-refractivity contribution < 1.29 is 19.4 Å². The summed E-state index contributed by atoms with van der Waals surface area (Å²) >= 11 is 0. The SMILES string of the molecule is CCCCC/C=C\C/C=C\CCCCCCCCCC(=O)OC(CCCCCC)CCCCCCCCCCC(=O)O. The Morgan fingerprint density at radius 1 is 0.524 bits per heavy atom. The molecule has 0 heterocycles. The van der Waals surface area contributed by atoms with Gasteiger partial charge in [0.2, 0.25) is 0 Å². The third kappa shape index (κ3) is 32.9. The van der Waals surface area contributed by atoms with E-state index in [1.807, 2.05) is 0 Å². The second-order valence-corrected chi connectivity index (χ2v) is 12.4. The fourth-order valence-corrected chi connectivity index (χ4v) is 5.45. The number of unbranched alkanes of at least 4 members (excludes halogenated alkanes) is 20. The fraction of sp³-hybridized carbons (Fsp3) is 0.842. The van der Waals surface area contributed by atoms with Crippen molar-refractivity contribution in [3.8, 4) is 0 Å². The van der Waals surface area contributed by atoms with Gasteiger partial charge in [0.05, 0.1) is 0 Å². The molecule has 1 atom stereocenters. The second kappa shape index (κ2) is 33.9. The van der Waals surface area contributed by atoms with Crippen LogP contribution in [0.2, 0.25) is 0 Å². The molecular weight excluding hydrogens is 520 g/mol. The lowest BCUT2D eigenvalue weighted by atomic mass is 10.0. The summed E-state index contributed by atoms with van der Waals surface area (Å²) in [6, 6.07) is 0. The van der Waals surface area contributed by atoms with Crippen LogP contribution in [0.15, 0.2) is 24.3 Å². The zero-order valence-electron chi connectivity index (χ0n) is 28.1. The van der Waals surface area contributed by atoms with Crippen molar-refractivity contribution >= 4 is 11.9 Å². The van der Waals surface area contributed by atoms with Gasteiger partial charge in [-0.15, -0.1) is 0 Å². The summed E-state index contributed by atoms with van der Waals surface area (Å²) in [4.78, 5) is 23.1. The molecule has 0 rings (SSSR count). The molecule has 1 unspecified atom stereocenters. The van der Waals surface area contributed by atoms with Gasteiger partial charge in [-0.1, -0.05) is 141 Å². The maximum absolute atomic E-state index is 12.5. The number of aliphatic carboxylic acids is 1. The fourth-order valence-electron chi connectivity index (χ4n) is 5.45. The van der Waals surface area contributed by atoms with E-state index in [1.165, 1.54) is 109 Å². The van der Waals surface area contributed by atoms with E-state index in [-0.39, 0.29) is 12.1 Å². The van der Waals surface area contributed by atoms with Gasteiger partial charge in [-0.2, -0.15) is 0 Å². The van der Waals surface area contributed by atoms with Crippen molar-refractivity contribution in [2.45, 2.75) is 206 Å². The van der Waals surface area contributed by atoms with Gasteiger partial charge in [0.1, 0.15) is 6.10 Å². The van der Waals surface area contributed by atoms with Gasteiger partial charge in [0.15, 0.2) is 0 Å². The van der Waals surface area contributed by atoms with Crippen LogP contribution in [0.4, 0.5) is 0 Å². The van der Waals surface area contributed by atoms with E-state index < -0.39 is 5.97 Å². The lowest BCUT2D eigenvalue weighted by Gasteiger charge is -2.18. The number of carboxylic acids is 1. The summed E-state index contributed by atoms with van der Waals surface area (Å²) in [5, 5.41) is 8.70. The Hall–Kier alpha value is -1.58. The first-order valence-corrected chi connectivity index (χ1v) is 18.3. The van der Waals surface area contributed by atoms with Crippen molar-refractivity contribution in [3.05, 3.63) is 24.3 Å². The van der Waals surface area contributed by atoms with Crippen molar-refractivity contribution in [1.82, 2.24) is 0 Å². The lowest BCUT2D eigenvalue weighted by molar-refractivity contribution is -0.150. The van der Waals surface area contributed by atoms with Gasteiger partial charge in [-0.3, -0.25) is 9.59 Å². The average Bonchev–Trinajstić information content (AvgIpc) is 2.97. The van der Waals surface area contributed by atoms with Gasteiger partial charge in [-0.25, -0.2) is 0 Å². The van der Waals surface area contributed by atoms with Crippen molar-refractivity contribution in [2.75, 3.05) is 0 Å². The zero-order chi connectivity index (χ0) is 30.8. The molecule has 246 valence electrons. The van der Waals surface area contributed by atoms with Crippen LogP contribution in [-0.2, 0) is 14.3 Å². The molecule has 0 spiro atoms. The first kappa shape index (κ1) is 40.4. The van der Waals surface area contributed by atoms with Crippen LogP contribution >= 0.6 is 0 Å². The molecule has 0 bridgehead atoms. The number of carboxylic acid groups (broad SMARTS) is 1.